The first kappa shape index (κ1) is 10.2. The van der Waals surface area contributed by atoms with Crippen LogP contribution in [-0.2, 0) is 0 Å². The molecule has 3 nitrogen and oxygen atoms in total. The Morgan fingerprint density at radius 1 is 1.53 bits per heavy atom. The van der Waals surface area contributed by atoms with Gasteiger partial charge in [0, 0.05) is 10.1 Å². The largest absolute Gasteiger partial charge is 0.423 e. The molecule has 0 aromatic carbocycles. The Balaban J connectivity index is 2.46. The summed E-state index contributed by atoms with van der Waals surface area (Å²) in [5.41, 5.74) is 7.30. The van der Waals surface area contributed by atoms with Crippen LogP contribution in [0.25, 0.3) is 5.57 Å². The van der Waals surface area contributed by atoms with Crippen LogP contribution < -0.4 is 5.73 Å². The summed E-state index contributed by atoms with van der Waals surface area (Å²) in [4.78, 5) is 4.04. The third-order valence-corrected chi connectivity index (χ3v) is 2.67. The average Bonchev–Trinajstić information content (AvgIpc) is 2.38. The maximum Gasteiger partial charge on any atom is 0.292 e. The molecule has 0 saturated heterocycles. The molecule has 0 atom stereocenters. The van der Waals surface area contributed by atoms with Gasteiger partial charge in [0.25, 0.3) is 6.01 Å². The first-order chi connectivity index (χ1) is 7.16. The number of nitrogens with zero attached hydrogens (tertiary/aromatic N) is 1. The zero-order valence-corrected chi connectivity index (χ0v) is 9.91. The van der Waals surface area contributed by atoms with Crippen molar-refractivity contribution < 1.29 is 4.42 Å². The Hall–Kier alpha value is -1.29. The van der Waals surface area contributed by atoms with Gasteiger partial charge in [-0.3, -0.25) is 0 Å². The first-order valence-corrected chi connectivity index (χ1v) is 5.43. The Labute approximate surface area is 96.5 Å². The molecule has 0 unspecified atom stereocenters. The lowest BCUT2D eigenvalue weighted by Gasteiger charge is -1.97. The SMILES string of the molecule is Cc1nc(N)oc1C1=CC(Br)=CCC=C1. The van der Waals surface area contributed by atoms with Crippen molar-refractivity contribution in [2.24, 2.45) is 0 Å². The summed E-state index contributed by atoms with van der Waals surface area (Å²) in [5, 5.41) is 0. The molecular formula is C11H11BrN2O. The lowest BCUT2D eigenvalue weighted by Crippen LogP contribution is -1.82. The molecule has 1 aliphatic carbocycles. The summed E-state index contributed by atoms with van der Waals surface area (Å²) < 4.78 is 6.40. The minimum atomic E-state index is 0.209. The van der Waals surface area contributed by atoms with Gasteiger partial charge in [-0.15, -0.1) is 0 Å². The molecule has 1 heterocycles. The van der Waals surface area contributed by atoms with E-state index in [0.29, 0.717) is 0 Å². The highest BCUT2D eigenvalue weighted by atomic mass is 79.9. The maximum absolute atomic E-state index is 5.50. The van der Waals surface area contributed by atoms with Crippen molar-refractivity contribution in [3.63, 3.8) is 0 Å². The zero-order valence-electron chi connectivity index (χ0n) is 8.33. The van der Waals surface area contributed by atoms with Crippen molar-refractivity contribution in [3.05, 3.63) is 40.2 Å². The highest BCUT2D eigenvalue weighted by Crippen LogP contribution is 2.27. The molecule has 0 bridgehead atoms. The van der Waals surface area contributed by atoms with E-state index in [4.69, 9.17) is 10.2 Å². The van der Waals surface area contributed by atoms with Gasteiger partial charge in [0.2, 0.25) is 0 Å². The van der Waals surface area contributed by atoms with E-state index in [0.717, 1.165) is 27.9 Å². The first-order valence-electron chi connectivity index (χ1n) is 4.64. The fourth-order valence-electron chi connectivity index (χ4n) is 1.46. The molecule has 1 aromatic heterocycles. The number of aromatic nitrogens is 1. The van der Waals surface area contributed by atoms with Gasteiger partial charge in [0.05, 0.1) is 5.69 Å². The van der Waals surface area contributed by atoms with Crippen molar-refractivity contribution in [3.8, 4) is 0 Å². The summed E-state index contributed by atoms with van der Waals surface area (Å²) >= 11 is 3.46. The van der Waals surface area contributed by atoms with Crippen LogP contribution in [0, 0.1) is 6.92 Å². The molecule has 0 radical (unpaired) electrons. The van der Waals surface area contributed by atoms with Crippen LogP contribution >= 0.6 is 15.9 Å². The van der Waals surface area contributed by atoms with Crippen molar-refractivity contribution >= 4 is 27.5 Å². The van der Waals surface area contributed by atoms with Crippen molar-refractivity contribution in [2.75, 3.05) is 5.73 Å². The second-order valence-corrected chi connectivity index (χ2v) is 4.21. The van der Waals surface area contributed by atoms with Gasteiger partial charge in [0.15, 0.2) is 5.76 Å². The molecule has 0 spiro atoms. The number of hydrogen-bond acceptors (Lipinski definition) is 3. The predicted octanol–water partition coefficient (Wildman–Crippen LogP) is 3.19. The van der Waals surface area contributed by atoms with E-state index in [1.54, 1.807) is 0 Å². The van der Waals surface area contributed by atoms with Crippen LogP contribution in [0.5, 0.6) is 0 Å². The summed E-state index contributed by atoms with van der Waals surface area (Å²) in [5.74, 6) is 0.732. The second-order valence-electron chi connectivity index (χ2n) is 3.29. The van der Waals surface area contributed by atoms with Crippen LogP contribution in [0.4, 0.5) is 6.01 Å². The number of allylic oxidation sites excluding steroid dienone is 6. The van der Waals surface area contributed by atoms with Crippen LogP contribution in [0.15, 0.2) is 33.2 Å². The van der Waals surface area contributed by atoms with E-state index < -0.39 is 0 Å². The summed E-state index contributed by atoms with van der Waals surface area (Å²) in [6.45, 7) is 1.88. The minimum Gasteiger partial charge on any atom is -0.423 e. The van der Waals surface area contributed by atoms with Gasteiger partial charge in [0.1, 0.15) is 0 Å². The van der Waals surface area contributed by atoms with Gasteiger partial charge in [-0.1, -0.05) is 34.2 Å². The molecule has 4 heteroatoms. The van der Waals surface area contributed by atoms with E-state index in [1.165, 1.54) is 0 Å². The molecule has 2 N–H and O–H groups in total. The summed E-state index contributed by atoms with van der Waals surface area (Å²) in [6.07, 6.45) is 9.06. The number of hydrogen-bond donors (Lipinski definition) is 1. The van der Waals surface area contributed by atoms with Gasteiger partial charge in [-0.05, 0) is 19.4 Å². The molecule has 78 valence electrons. The fraction of sp³-hybridized carbons (Fsp3) is 0.182. The summed E-state index contributed by atoms with van der Waals surface area (Å²) in [7, 11) is 0. The zero-order chi connectivity index (χ0) is 10.8. The van der Waals surface area contributed by atoms with Gasteiger partial charge < -0.3 is 10.2 Å². The number of halogens is 1. The van der Waals surface area contributed by atoms with Crippen molar-refractivity contribution in [1.29, 1.82) is 0 Å². The molecule has 1 aromatic rings. The van der Waals surface area contributed by atoms with Crippen LogP contribution in [-0.4, -0.2) is 4.98 Å². The Kier molecular flexibility index (Phi) is 2.77. The summed E-state index contributed by atoms with van der Waals surface area (Å²) in [6, 6.07) is 0.209. The van der Waals surface area contributed by atoms with Crippen molar-refractivity contribution in [2.45, 2.75) is 13.3 Å². The lowest BCUT2D eigenvalue weighted by atomic mass is 10.1. The molecule has 2 rings (SSSR count). The second kappa shape index (κ2) is 4.06. The Morgan fingerprint density at radius 3 is 3.00 bits per heavy atom. The molecule has 15 heavy (non-hydrogen) atoms. The van der Waals surface area contributed by atoms with Gasteiger partial charge >= 0.3 is 0 Å². The Bertz CT molecular complexity index is 469. The maximum atomic E-state index is 5.50. The molecule has 0 fully saturated rings. The normalized spacial score (nSPS) is 15.9. The fourth-order valence-corrected chi connectivity index (χ4v) is 1.89. The lowest BCUT2D eigenvalue weighted by molar-refractivity contribution is 0.566. The monoisotopic (exact) mass is 266 g/mol. The molecule has 0 saturated carbocycles. The number of anilines is 1. The van der Waals surface area contributed by atoms with Gasteiger partial charge in [-0.25, -0.2) is 0 Å². The molecular weight excluding hydrogens is 256 g/mol. The molecule has 0 amide bonds. The van der Waals surface area contributed by atoms with Crippen molar-refractivity contribution in [1.82, 2.24) is 4.98 Å². The third-order valence-electron chi connectivity index (χ3n) is 2.12. The van der Waals surface area contributed by atoms with E-state index >= 15 is 0 Å². The van der Waals surface area contributed by atoms with Gasteiger partial charge in [-0.2, -0.15) is 4.98 Å². The number of nitrogens with two attached hydrogens (primary N) is 1. The minimum absolute atomic E-state index is 0.209. The number of nitrogen functional groups attached to an aromatic ring is 1. The van der Waals surface area contributed by atoms with E-state index in [9.17, 15) is 0 Å². The highest BCUT2D eigenvalue weighted by Gasteiger charge is 2.11. The Morgan fingerprint density at radius 2 is 2.33 bits per heavy atom. The topological polar surface area (TPSA) is 52.0 Å². The predicted molar refractivity (Wildman–Crippen MR) is 64.4 cm³/mol. The smallest absolute Gasteiger partial charge is 0.292 e. The average molecular weight is 267 g/mol. The standard InChI is InChI=1S/C11H11BrN2O/c1-7-10(15-11(13)14-7)8-4-2-3-5-9(12)6-8/h2,4-6H,3H2,1H3,(H2,13,14). The molecule has 1 aliphatic rings. The quantitative estimate of drug-likeness (QED) is 0.850. The number of aryl methyl sites for hydroxylation is 1. The van der Waals surface area contributed by atoms with Crippen LogP contribution in [0.1, 0.15) is 17.9 Å². The van der Waals surface area contributed by atoms with E-state index in [2.05, 4.69) is 33.1 Å². The van der Waals surface area contributed by atoms with E-state index in [-0.39, 0.29) is 6.01 Å². The number of oxazole rings is 1. The van der Waals surface area contributed by atoms with Crippen LogP contribution in [0.3, 0.4) is 0 Å². The molecule has 0 aliphatic heterocycles. The highest BCUT2D eigenvalue weighted by molar-refractivity contribution is 9.11. The van der Waals surface area contributed by atoms with E-state index in [1.807, 2.05) is 19.1 Å². The third kappa shape index (κ3) is 2.21. The number of rotatable bonds is 1. The van der Waals surface area contributed by atoms with Crippen LogP contribution in [0.2, 0.25) is 0 Å².